The summed E-state index contributed by atoms with van der Waals surface area (Å²) in [6.07, 6.45) is 0. The first-order valence-electron chi connectivity index (χ1n) is 9.52. The van der Waals surface area contributed by atoms with E-state index in [4.69, 9.17) is 13.9 Å². The highest BCUT2D eigenvalue weighted by molar-refractivity contribution is 8.00. The van der Waals surface area contributed by atoms with Crippen LogP contribution < -0.4 is 10.4 Å². The fraction of sp³-hybridized carbons (Fsp3) is 0.409. The third-order valence-corrected chi connectivity index (χ3v) is 11.0. The molecule has 1 unspecified atom stereocenters. The van der Waals surface area contributed by atoms with Crippen molar-refractivity contribution in [3.8, 4) is 0 Å². The van der Waals surface area contributed by atoms with E-state index in [1.54, 1.807) is 0 Å². The maximum Gasteiger partial charge on any atom is 0.303 e. The zero-order valence-corrected chi connectivity index (χ0v) is 18.7. The van der Waals surface area contributed by atoms with Crippen molar-refractivity contribution in [3.63, 3.8) is 0 Å². The Morgan fingerprint density at radius 1 is 1.07 bits per heavy atom. The van der Waals surface area contributed by atoms with Gasteiger partial charge in [-0.15, -0.1) is 0 Å². The van der Waals surface area contributed by atoms with E-state index in [-0.39, 0.29) is 21.9 Å². The second-order valence-corrected chi connectivity index (χ2v) is 13.5. The van der Waals surface area contributed by atoms with Crippen LogP contribution in [-0.4, -0.2) is 38.4 Å². The summed E-state index contributed by atoms with van der Waals surface area (Å²) in [5, 5.41) is 2.41. The lowest BCUT2D eigenvalue weighted by Gasteiger charge is -2.43. The Kier molecular flexibility index (Phi) is 6.65. The number of benzene rings is 2. The summed E-state index contributed by atoms with van der Waals surface area (Å²) in [6.45, 7) is 9.04. The second kappa shape index (κ2) is 8.82. The lowest BCUT2D eigenvalue weighted by atomic mass is 10.2. The van der Waals surface area contributed by atoms with Gasteiger partial charge in [-0.25, -0.2) is 0 Å². The van der Waals surface area contributed by atoms with Gasteiger partial charge in [-0.05, 0) is 15.4 Å². The summed E-state index contributed by atoms with van der Waals surface area (Å²) >= 11 is 1.51. The second-order valence-electron chi connectivity index (χ2n) is 7.91. The van der Waals surface area contributed by atoms with Crippen molar-refractivity contribution >= 4 is 36.4 Å². The Labute approximate surface area is 172 Å². The fourth-order valence-electron chi connectivity index (χ4n) is 3.72. The summed E-state index contributed by atoms with van der Waals surface area (Å²) < 4.78 is 18.0. The van der Waals surface area contributed by atoms with Gasteiger partial charge in [-0.3, -0.25) is 4.79 Å². The molecule has 1 saturated heterocycles. The van der Waals surface area contributed by atoms with Gasteiger partial charge >= 0.3 is 5.97 Å². The Hall–Kier alpha value is -1.60. The predicted octanol–water partition coefficient (Wildman–Crippen LogP) is 3.54. The molecule has 0 spiro atoms. The number of thioether (sulfide) groups is 1. The molecule has 2 aromatic carbocycles. The van der Waals surface area contributed by atoms with Crippen LogP contribution in [0.4, 0.5) is 0 Å². The summed E-state index contributed by atoms with van der Waals surface area (Å²) in [5.41, 5.74) is -0.406. The van der Waals surface area contributed by atoms with E-state index in [2.05, 4.69) is 69.3 Å². The quantitative estimate of drug-likeness (QED) is 0.532. The number of ether oxygens (including phenoxy) is 2. The zero-order valence-electron chi connectivity index (χ0n) is 16.9. The summed E-state index contributed by atoms with van der Waals surface area (Å²) in [5.74, 6) is -0.283. The first kappa shape index (κ1) is 21.1. The molecule has 0 bridgehead atoms. The van der Waals surface area contributed by atoms with Crippen LogP contribution in [0, 0.1) is 0 Å². The van der Waals surface area contributed by atoms with Crippen LogP contribution in [0.1, 0.15) is 27.7 Å². The van der Waals surface area contributed by atoms with Crippen LogP contribution in [0.5, 0.6) is 0 Å². The third-order valence-electron chi connectivity index (χ3n) is 4.87. The largest absolute Gasteiger partial charge is 0.449 e. The lowest BCUT2D eigenvalue weighted by Crippen LogP contribution is -2.67. The molecule has 28 heavy (non-hydrogen) atoms. The SMILES string of the molecule is CC(=O)OC1CO[C@@H](CO[Si](c2ccccc2)(c2ccccc2)C(C)(C)C)S1. The van der Waals surface area contributed by atoms with Crippen molar-refractivity contribution in [2.24, 2.45) is 0 Å². The normalized spacial score (nSPS) is 20.1. The molecule has 1 aliphatic heterocycles. The summed E-state index contributed by atoms with van der Waals surface area (Å²) in [4.78, 5) is 11.2. The highest BCUT2D eigenvalue weighted by Gasteiger charge is 2.50. The topological polar surface area (TPSA) is 44.8 Å². The maximum absolute atomic E-state index is 11.2. The molecule has 150 valence electrons. The molecule has 1 fully saturated rings. The number of esters is 1. The van der Waals surface area contributed by atoms with E-state index >= 15 is 0 Å². The molecule has 1 aliphatic rings. The van der Waals surface area contributed by atoms with E-state index in [0.29, 0.717) is 13.2 Å². The summed E-state index contributed by atoms with van der Waals surface area (Å²) in [7, 11) is -2.57. The Balaban J connectivity index is 1.90. The average molecular weight is 417 g/mol. The number of carbonyl (C=O) groups excluding carboxylic acids is 1. The smallest absolute Gasteiger partial charge is 0.303 e. The van der Waals surface area contributed by atoms with Crippen molar-refractivity contribution in [2.45, 2.75) is 43.6 Å². The molecule has 0 saturated carbocycles. The fourth-order valence-corrected chi connectivity index (χ4v) is 9.39. The van der Waals surface area contributed by atoms with Crippen molar-refractivity contribution in [3.05, 3.63) is 60.7 Å². The van der Waals surface area contributed by atoms with Gasteiger partial charge in [-0.1, -0.05) is 93.2 Å². The van der Waals surface area contributed by atoms with Gasteiger partial charge in [-0.2, -0.15) is 0 Å². The number of carbonyl (C=O) groups is 1. The van der Waals surface area contributed by atoms with Gasteiger partial charge in [0.05, 0.1) is 13.2 Å². The van der Waals surface area contributed by atoms with E-state index < -0.39 is 8.32 Å². The molecule has 0 amide bonds. The number of hydrogen-bond acceptors (Lipinski definition) is 5. The van der Waals surface area contributed by atoms with Gasteiger partial charge < -0.3 is 13.9 Å². The van der Waals surface area contributed by atoms with E-state index in [1.165, 1.54) is 29.1 Å². The van der Waals surface area contributed by atoms with Crippen LogP contribution in [0.2, 0.25) is 5.04 Å². The molecule has 4 nitrogen and oxygen atoms in total. The molecule has 3 rings (SSSR count). The van der Waals surface area contributed by atoms with Crippen LogP contribution in [0.15, 0.2) is 60.7 Å². The maximum atomic E-state index is 11.2. The van der Waals surface area contributed by atoms with E-state index in [1.807, 2.05) is 12.1 Å². The predicted molar refractivity (Wildman–Crippen MR) is 116 cm³/mol. The molecule has 1 heterocycles. The van der Waals surface area contributed by atoms with Gasteiger partial charge in [0.25, 0.3) is 8.32 Å². The standard InChI is InChI=1S/C22H28O4SSi/c1-17(23)26-21-15-24-20(27-21)16-25-28(22(2,3)4,18-11-7-5-8-12-18)19-13-9-6-10-14-19/h5-14,20-21H,15-16H2,1-4H3/t20-,21?/m1/s1. The van der Waals surface area contributed by atoms with Crippen LogP contribution >= 0.6 is 11.8 Å². The first-order chi connectivity index (χ1) is 13.3. The van der Waals surface area contributed by atoms with Gasteiger partial charge in [0.15, 0.2) is 5.44 Å². The van der Waals surface area contributed by atoms with Crippen LogP contribution in [-0.2, 0) is 18.7 Å². The van der Waals surface area contributed by atoms with Crippen molar-refractivity contribution < 1.29 is 18.7 Å². The van der Waals surface area contributed by atoms with Gasteiger partial charge in [0, 0.05) is 6.92 Å². The minimum atomic E-state index is -2.57. The molecule has 2 atom stereocenters. The third kappa shape index (κ3) is 4.51. The van der Waals surface area contributed by atoms with E-state index in [9.17, 15) is 4.79 Å². The van der Waals surface area contributed by atoms with Crippen LogP contribution in [0.3, 0.4) is 0 Å². The molecular formula is C22H28O4SSi. The molecule has 0 N–H and O–H groups in total. The van der Waals surface area contributed by atoms with E-state index in [0.717, 1.165) is 0 Å². The molecule has 0 aromatic heterocycles. The highest BCUT2D eigenvalue weighted by atomic mass is 32.2. The van der Waals surface area contributed by atoms with Crippen LogP contribution in [0.25, 0.3) is 0 Å². The zero-order chi connectivity index (χ0) is 20.2. The van der Waals surface area contributed by atoms with Crippen molar-refractivity contribution in [1.82, 2.24) is 0 Å². The minimum absolute atomic E-state index is 0.0751. The van der Waals surface area contributed by atoms with Gasteiger partial charge in [0.2, 0.25) is 0 Å². The van der Waals surface area contributed by atoms with Crippen molar-refractivity contribution in [2.75, 3.05) is 13.2 Å². The van der Waals surface area contributed by atoms with Crippen molar-refractivity contribution in [1.29, 1.82) is 0 Å². The Morgan fingerprint density at radius 3 is 2.07 bits per heavy atom. The van der Waals surface area contributed by atoms with Gasteiger partial charge in [0.1, 0.15) is 5.44 Å². The molecule has 0 radical (unpaired) electrons. The Bertz CT molecular complexity index is 737. The monoisotopic (exact) mass is 416 g/mol. The lowest BCUT2D eigenvalue weighted by molar-refractivity contribution is -0.143. The molecule has 6 heteroatoms. The highest BCUT2D eigenvalue weighted by Crippen LogP contribution is 2.38. The first-order valence-corrected chi connectivity index (χ1v) is 12.4. The number of rotatable bonds is 6. The minimum Gasteiger partial charge on any atom is -0.449 e. The molecule has 0 aliphatic carbocycles. The summed E-state index contributed by atoms with van der Waals surface area (Å²) in [6, 6.07) is 21.1. The number of hydrogen-bond donors (Lipinski definition) is 0. The molecular weight excluding hydrogens is 388 g/mol. The Morgan fingerprint density at radius 2 is 1.61 bits per heavy atom. The average Bonchev–Trinajstić information content (AvgIpc) is 3.09. The molecule has 2 aromatic rings.